The lowest BCUT2D eigenvalue weighted by molar-refractivity contribution is -0.0427. The molecule has 44 heavy (non-hydrogen) atoms. The summed E-state index contributed by atoms with van der Waals surface area (Å²) >= 11 is 0. The molecule has 0 N–H and O–H groups in total. The van der Waals surface area contributed by atoms with Crippen LogP contribution in [-0.4, -0.2) is 32.8 Å². The zero-order valence-electron chi connectivity index (χ0n) is 24.1. The largest absolute Gasteiger partial charge is 0.487 e. The predicted molar refractivity (Wildman–Crippen MR) is 156 cm³/mol. The molecule has 12 heteroatoms. The van der Waals surface area contributed by atoms with E-state index in [1.165, 1.54) is 58.2 Å². The van der Waals surface area contributed by atoms with Gasteiger partial charge in [0.1, 0.15) is 36.3 Å². The Bertz CT molecular complexity index is 1480. The van der Waals surface area contributed by atoms with Gasteiger partial charge < -0.3 is 18.9 Å². The van der Waals surface area contributed by atoms with Crippen LogP contribution in [0.15, 0.2) is 82.6 Å². The van der Waals surface area contributed by atoms with Crippen LogP contribution in [0, 0.1) is 11.6 Å². The van der Waals surface area contributed by atoms with E-state index < -0.39 is 0 Å². The number of nitrogens with zero attached hydrogens (tertiary/aromatic N) is 4. The Labute approximate surface area is 252 Å². The minimum Gasteiger partial charge on any atom is -0.487 e. The van der Waals surface area contributed by atoms with E-state index in [0.717, 1.165) is 49.7 Å². The molecule has 0 saturated carbocycles. The second-order valence-electron chi connectivity index (χ2n) is 10.4. The van der Waals surface area contributed by atoms with Crippen LogP contribution in [0.5, 0.6) is 11.5 Å². The van der Waals surface area contributed by atoms with Crippen LogP contribution >= 0.6 is 0 Å². The molecule has 4 heterocycles. The van der Waals surface area contributed by atoms with Crippen molar-refractivity contribution in [2.75, 3.05) is 13.2 Å². The summed E-state index contributed by atoms with van der Waals surface area (Å²) < 4.78 is 50.5. The second-order valence-corrected chi connectivity index (χ2v) is 10.4. The number of benzene rings is 2. The van der Waals surface area contributed by atoms with E-state index in [-0.39, 0.29) is 48.4 Å². The number of ether oxygens (including phenoxy) is 4. The van der Waals surface area contributed by atoms with Crippen molar-refractivity contribution < 1.29 is 27.7 Å². The van der Waals surface area contributed by atoms with Gasteiger partial charge in [-0.25, -0.2) is 18.1 Å². The van der Waals surface area contributed by atoms with E-state index in [1.54, 1.807) is 24.3 Å². The topological polar surface area (TPSA) is 107 Å². The van der Waals surface area contributed by atoms with Crippen molar-refractivity contribution in [1.82, 2.24) is 19.6 Å². The first-order valence-electron chi connectivity index (χ1n) is 14.6. The highest BCUT2D eigenvalue weighted by Gasteiger charge is 2.19. The molecule has 0 spiro atoms. The molecule has 2 aliphatic rings. The highest BCUT2D eigenvalue weighted by atomic mass is 19.1. The van der Waals surface area contributed by atoms with Crippen LogP contribution in [0.2, 0.25) is 0 Å². The summed E-state index contributed by atoms with van der Waals surface area (Å²) in [6.45, 7) is 1.82. The quantitative estimate of drug-likeness (QED) is 0.265. The normalized spacial score (nSPS) is 18.1. The maximum atomic E-state index is 12.8. The molecule has 0 bridgehead atoms. The van der Waals surface area contributed by atoms with Gasteiger partial charge in [-0.15, -0.1) is 0 Å². The van der Waals surface area contributed by atoms with Gasteiger partial charge in [0.2, 0.25) is 0 Å². The molecule has 232 valence electrons. The van der Waals surface area contributed by atoms with Crippen molar-refractivity contribution in [3.8, 4) is 11.5 Å². The van der Waals surface area contributed by atoms with Gasteiger partial charge in [-0.2, -0.15) is 10.2 Å². The van der Waals surface area contributed by atoms with Gasteiger partial charge in [-0.1, -0.05) is 24.3 Å². The summed E-state index contributed by atoms with van der Waals surface area (Å²) in [6, 6.07) is 14.8. The molecule has 0 aliphatic carbocycles. The molecular weight excluding hydrogens is 574 g/mol. The van der Waals surface area contributed by atoms with E-state index in [0.29, 0.717) is 24.7 Å². The lowest BCUT2D eigenvalue weighted by Gasteiger charge is -2.23. The van der Waals surface area contributed by atoms with Crippen LogP contribution in [0.1, 0.15) is 62.1 Å². The molecule has 2 fully saturated rings. The zero-order valence-corrected chi connectivity index (χ0v) is 24.1. The maximum absolute atomic E-state index is 12.8. The van der Waals surface area contributed by atoms with Gasteiger partial charge in [0.15, 0.2) is 12.5 Å². The number of aromatic nitrogens is 4. The maximum Gasteiger partial charge on any atom is 0.272 e. The molecule has 2 aliphatic heterocycles. The van der Waals surface area contributed by atoms with E-state index in [4.69, 9.17) is 18.9 Å². The molecule has 2 aromatic carbocycles. The Morgan fingerprint density at radius 1 is 0.659 bits per heavy atom. The van der Waals surface area contributed by atoms with Crippen LogP contribution in [0.4, 0.5) is 8.78 Å². The molecule has 10 nitrogen and oxygen atoms in total. The van der Waals surface area contributed by atoms with Gasteiger partial charge in [0, 0.05) is 25.3 Å². The number of halogens is 2. The van der Waals surface area contributed by atoms with Crippen LogP contribution in [0.3, 0.4) is 0 Å². The summed E-state index contributed by atoms with van der Waals surface area (Å²) in [6.07, 6.45) is 8.12. The minimum atomic E-state index is -0.291. The third kappa shape index (κ3) is 8.80. The fraction of sp³-hybridized carbons (Fsp3) is 0.375. The van der Waals surface area contributed by atoms with Crippen LogP contribution in [-0.2, 0) is 22.7 Å². The summed E-state index contributed by atoms with van der Waals surface area (Å²) in [4.78, 5) is 24.2. The highest BCUT2D eigenvalue weighted by Crippen LogP contribution is 2.21. The molecule has 0 radical (unpaired) electrons. The van der Waals surface area contributed by atoms with Crippen LogP contribution in [0.25, 0.3) is 0 Å². The predicted octanol–water partition coefficient (Wildman–Crippen LogP) is 5.32. The summed E-state index contributed by atoms with van der Waals surface area (Å²) in [5.74, 6) is 0.198. The minimum absolute atomic E-state index is 0.247. The van der Waals surface area contributed by atoms with E-state index in [1.807, 2.05) is 0 Å². The third-order valence-electron chi connectivity index (χ3n) is 7.10. The Morgan fingerprint density at radius 3 is 1.41 bits per heavy atom. The lowest BCUT2D eigenvalue weighted by atomic mass is 10.2. The molecular formula is C32H34F2N4O6. The van der Waals surface area contributed by atoms with Crippen molar-refractivity contribution in [2.45, 2.75) is 64.2 Å². The Hall–Kier alpha value is -4.42. The lowest BCUT2D eigenvalue weighted by Crippen LogP contribution is -2.30. The first kappa shape index (κ1) is 31.0. The van der Waals surface area contributed by atoms with E-state index in [9.17, 15) is 18.4 Å². The Kier molecular flexibility index (Phi) is 10.8. The SMILES string of the molecule is O=c1cc(OCc2ccc(F)cc2)cnn1C1CCCCO1.O=c1cc(OCc2ccc(F)cc2)cnn1C1CCCCO1. The second kappa shape index (κ2) is 15.3. The standard InChI is InChI=1S/2C16H17FN2O3/c2*17-13-6-4-12(5-7-13)11-22-14-9-15(20)19(18-10-14)16-3-1-2-8-21-16/h2*4-7,9-10,16H,1-3,8,11H2. The summed E-state index contributed by atoms with van der Waals surface area (Å²) in [5.41, 5.74) is 1.15. The molecule has 6 rings (SSSR count). The molecule has 2 saturated heterocycles. The number of rotatable bonds is 8. The van der Waals surface area contributed by atoms with Gasteiger partial charge in [-0.3, -0.25) is 9.59 Å². The van der Waals surface area contributed by atoms with Gasteiger partial charge in [-0.05, 0) is 73.9 Å². The zero-order chi connectivity index (χ0) is 30.7. The van der Waals surface area contributed by atoms with E-state index in [2.05, 4.69) is 10.2 Å². The Morgan fingerprint density at radius 2 is 1.07 bits per heavy atom. The molecule has 0 amide bonds. The average molecular weight is 609 g/mol. The summed E-state index contributed by atoms with van der Waals surface area (Å²) in [7, 11) is 0. The monoisotopic (exact) mass is 608 g/mol. The van der Waals surface area contributed by atoms with Gasteiger partial charge in [0.25, 0.3) is 11.1 Å². The average Bonchev–Trinajstić information content (AvgIpc) is 3.05. The van der Waals surface area contributed by atoms with Crippen molar-refractivity contribution >= 4 is 0 Å². The fourth-order valence-electron chi connectivity index (χ4n) is 4.72. The fourth-order valence-corrected chi connectivity index (χ4v) is 4.72. The van der Waals surface area contributed by atoms with E-state index >= 15 is 0 Å². The van der Waals surface area contributed by atoms with Crippen molar-refractivity contribution in [3.63, 3.8) is 0 Å². The smallest absolute Gasteiger partial charge is 0.272 e. The number of hydrogen-bond donors (Lipinski definition) is 0. The van der Waals surface area contributed by atoms with Crippen LogP contribution < -0.4 is 20.6 Å². The van der Waals surface area contributed by atoms with Gasteiger partial charge in [0.05, 0.1) is 12.4 Å². The third-order valence-corrected chi connectivity index (χ3v) is 7.10. The molecule has 4 aromatic rings. The molecule has 2 unspecified atom stereocenters. The van der Waals surface area contributed by atoms with Crippen molar-refractivity contribution in [3.05, 3.63) is 117 Å². The van der Waals surface area contributed by atoms with Gasteiger partial charge >= 0.3 is 0 Å². The highest BCUT2D eigenvalue weighted by molar-refractivity contribution is 5.19. The number of hydrogen-bond acceptors (Lipinski definition) is 8. The summed E-state index contributed by atoms with van der Waals surface area (Å²) in [5, 5.41) is 8.24. The molecule has 2 aromatic heterocycles. The Balaban J connectivity index is 0.000000175. The molecule has 2 atom stereocenters. The van der Waals surface area contributed by atoms with Crippen molar-refractivity contribution in [1.29, 1.82) is 0 Å². The first-order valence-corrected chi connectivity index (χ1v) is 14.6. The van der Waals surface area contributed by atoms with Crippen molar-refractivity contribution in [2.24, 2.45) is 0 Å². The first-order chi connectivity index (χ1) is 21.4.